The van der Waals surface area contributed by atoms with Gasteiger partial charge < -0.3 is 33.8 Å². The highest BCUT2D eigenvalue weighted by molar-refractivity contribution is 7.47. The lowest BCUT2D eigenvalue weighted by molar-refractivity contribution is -0.161. The number of phosphoric acid groups is 2. The van der Waals surface area contributed by atoms with Crippen LogP contribution in [0.2, 0.25) is 0 Å². The monoisotopic (exact) mass is 1320 g/mol. The van der Waals surface area contributed by atoms with E-state index in [1.165, 1.54) is 180 Å². The summed E-state index contributed by atoms with van der Waals surface area (Å²) in [7, 11) is -9.89. The molecule has 0 saturated heterocycles. The van der Waals surface area contributed by atoms with Crippen molar-refractivity contribution in [1.82, 2.24) is 0 Å². The molecule has 0 saturated carbocycles. The second-order valence-corrected chi connectivity index (χ2v) is 29.0. The highest BCUT2D eigenvalue weighted by Gasteiger charge is 2.30. The molecule has 0 aromatic rings. The molecule has 0 radical (unpaired) electrons. The minimum atomic E-state index is -4.95. The molecule has 0 aliphatic carbocycles. The average molecular weight is 1330 g/mol. The van der Waals surface area contributed by atoms with E-state index in [2.05, 4.69) is 34.6 Å². The quantitative estimate of drug-likeness (QED) is 0.0222. The van der Waals surface area contributed by atoms with E-state index in [9.17, 15) is 43.2 Å². The molecule has 0 heterocycles. The van der Waals surface area contributed by atoms with E-state index in [0.717, 1.165) is 109 Å². The fourth-order valence-electron chi connectivity index (χ4n) is 10.8. The molecule has 0 aromatic heterocycles. The van der Waals surface area contributed by atoms with Crippen LogP contribution in [0.3, 0.4) is 0 Å². The Morgan fingerprint density at radius 3 is 0.756 bits per heavy atom. The summed E-state index contributed by atoms with van der Waals surface area (Å²) in [5.41, 5.74) is 0. The van der Waals surface area contributed by atoms with Crippen molar-refractivity contribution in [2.75, 3.05) is 39.6 Å². The minimum absolute atomic E-state index is 0.107. The van der Waals surface area contributed by atoms with Crippen molar-refractivity contribution >= 4 is 39.5 Å². The van der Waals surface area contributed by atoms with E-state index >= 15 is 0 Å². The van der Waals surface area contributed by atoms with Gasteiger partial charge in [-0.15, -0.1) is 0 Å². The van der Waals surface area contributed by atoms with Gasteiger partial charge in [0, 0.05) is 25.7 Å². The number of carbonyl (C=O) groups is 4. The molecule has 0 aliphatic rings. The van der Waals surface area contributed by atoms with E-state index in [0.29, 0.717) is 25.7 Å². The first-order valence-electron chi connectivity index (χ1n) is 37.1. The summed E-state index contributed by atoms with van der Waals surface area (Å²) in [6, 6.07) is 0. The molecule has 17 nitrogen and oxygen atoms in total. The number of hydrogen-bond acceptors (Lipinski definition) is 15. The molecular formula is C71H138O17P2. The van der Waals surface area contributed by atoms with Gasteiger partial charge in [0.25, 0.3) is 0 Å². The number of aliphatic hydroxyl groups is 1. The van der Waals surface area contributed by atoms with Crippen LogP contribution in [0.15, 0.2) is 0 Å². The van der Waals surface area contributed by atoms with E-state index in [1.54, 1.807) is 0 Å². The molecule has 90 heavy (non-hydrogen) atoms. The lowest BCUT2D eigenvalue weighted by atomic mass is 10.0. The number of carbonyl (C=O) groups excluding carboxylic acids is 4. The topological polar surface area (TPSA) is 237 Å². The van der Waals surface area contributed by atoms with E-state index in [4.69, 9.17) is 37.0 Å². The summed E-state index contributed by atoms with van der Waals surface area (Å²) in [5.74, 6) is -1.38. The van der Waals surface area contributed by atoms with Crippen molar-refractivity contribution in [3.8, 4) is 0 Å². The Balaban J connectivity index is 5.17. The summed E-state index contributed by atoms with van der Waals surface area (Å²) in [5, 5.41) is 10.6. The van der Waals surface area contributed by atoms with Gasteiger partial charge in [0.05, 0.1) is 26.4 Å². The minimum Gasteiger partial charge on any atom is -0.462 e. The highest BCUT2D eigenvalue weighted by Crippen LogP contribution is 2.45. The van der Waals surface area contributed by atoms with Crippen LogP contribution in [-0.2, 0) is 65.4 Å². The Morgan fingerprint density at radius 1 is 0.300 bits per heavy atom. The lowest BCUT2D eigenvalue weighted by Crippen LogP contribution is -2.30. The molecule has 3 N–H and O–H groups in total. The Hall–Kier alpha value is -1.94. The summed E-state index contributed by atoms with van der Waals surface area (Å²) < 4.78 is 68.2. The Kier molecular flexibility index (Phi) is 63.0. The third-order valence-electron chi connectivity index (χ3n) is 16.5. The van der Waals surface area contributed by atoms with Crippen LogP contribution >= 0.6 is 15.6 Å². The number of phosphoric ester groups is 2. The van der Waals surface area contributed by atoms with E-state index in [-0.39, 0.29) is 25.7 Å². The van der Waals surface area contributed by atoms with Crippen LogP contribution in [0.1, 0.15) is 369 Å². The number of esters is 4. The fraction of sp³-hybridized carbons (Fsp3) is 0.944. The van der Waals surface area contributed by atoms with Crippen LogP contribution in [0, 0.1) is 5.92 Å². The normalized spacial score (nSPS) is 14.1. The van der Waals surface area contributed by atoms with Gasteiger partial charge >= 0.3 is 39.5 Å². The maximum absolute atomic E-state index is 13.0. The maximum atomic E-state index is 13.0. The smallest absolute Gasteiger partial charge is 0.462 e. The largest absolute Gasteiger partial charge is 0.472 e. The van der Waals surface area contributed by atoms with Crippen LogP contribution in [0.5, 0.6) is 0 Å². The molecule has 0 aliphatic heterocycles. The molecule has 0 rings (SSSR count). The predicted octanol–water partition coefficient (Wildman–Crippen LogP) is 20.5. The zero-order valence-corrected chi connectivity index (χ0v) is 60.1. The third kappa shape index (κ3) is 64.8. The molecule has 534 valence electrons. The lowest BCUT2D eigenvalue weighted by Gasteiger charge is -2.21. The Labute approximate surface area is 549 Å². The highest BCUT2D eigenvalue weighted by atomic mass is 31.2. The number of hydrogen-bond donors (Lipinski definition) is 3. The van der Waals surface area contributed by atoms with Crippen LogP contribution < -0.4 is 0 Å². The first kappa shape index (κ1) is 88.1. The number of unbranched alkanes of at least 4 members (excludes halogenated alkanes) is 43. The molecule has 0 fully saturated rings. The summed E-state index contributed by atoms with van der Waals surface area (Å²) in [4.78, 5) is 72.4. The SMILES string of the molecule is CCCCCCCCCCCCCCCCCCCCCC(=O)O[C@H](COC(=O)CCCCCCCCCCCC(C)C)COP(=O)(O)OC[C@@H](O)COP(=O)(O)OC[C@@H](COC(=O)CCCCCCCCC)OC(=O)CCCCCCCCCCCCCC. The van der Waals surface area contributed by atoms with Crippen LogP contribution in [0.25, 0.3) is 0 Å². The zero-order valence-electron chi connectivity index (χ0n) is 58.3. The van der Waals surface area contributed by atoms with Gasteiger partial charge in [-0.05, 0) is 31.6 Å². The van der Waals surface area contributed by atoms with Crippen molar-refractivity contribution in [1.29, 1.82) is 0 Å². The summed E-state index contributed by atoms with van der Waals surface area (Å²) in [6.45, 7) is 7.20. The molecular weight excluding hydrogens is 1190 g/mol. The predicted molar refractivity (Wildman–Crippen MR) is 363 cm³/mol. The standard InChI is InChI=1S/C71H138O17P2/c1-6-9-12-15-18-20-22-24-25-26-27-28-29-30-32-36-42-47-52-57-71(76)88-67(61-82-69(74)55-50-45-40-37-33-34-39-43-48-53-64(4)5)63-86-90(79,80)84-59-65(72)58-83-89(77,78)85-62-66(60-81-68(73)54-49-44-38-17-14-11-8-3)87-70(75)56-51-46-41-35-31-23-21-19-16-13-10-7-2/h64-67,72H,6-63H2,1-5H3,(H,77,78)(H,79,80)/t65-,66+,67+/m0/s1. The molecule has 2 unspecified atom stereocenters. The Morgan fingerprint density at radius 2 is 0.511 bits per heavy atom. The second kappa shape index (κ2) is 64.4. The first-order chi connectivity index (χ1) is 43.5. The van der Waals surface area contributed by atoms with Crippen molar-refractivity contribution in [2.24, 2.45) is 5.92 Å². The van der Waals surface area contributed by atoms with Crippen molar-refractivity contribution in [3.05, 3.63) is 0 Å². The third-order valence-corrected chi connectivity index (χ3v) is 18.4. The number of ether oxygens (including phenoxy) is 4. The van der Waals surface area contributed by atoms with E-state index in [1.807, 2.05) is 0 Å². The molecule has 0 spiro atoms. The molecule has 19 heteroatoms. The fourth-order valence-corrected chi connectivity index (χ4v) is 12.4. The van der Waals surface area contributed by atoms with Gasteiger partial charge in [0.15, 0.2) is 12.2 Å². The second-order valence-electron chi connectivity index (χ2n) is 26.1. The van der Waals surface area contributed by atoms with Gasteiger partial charge in [-0.1, -0.05) is 317 Å². The van der Waals surface area contributed by atoms with Gasteiger partial charge in [-0.25, -0.2) is 9.13 Å². The molecule has 0 amide bonds. The van der Waals surface area contributed by atoms with Crippen molar-refractivity contribution < 1.29 is 80.2 Å². The molecule has 0 bridgehead atoms. The summed E-state index contributed by atoms with van der Waals surface area (Å²) in [6.07, 6.45) is 51.5. The van der Waals surface area contributed by atoms with Gasteiger partial charge in [0.1, 0.15) is 19.3 Å². The number of rotatable bonds is 71. The zero-order chi connectivity index (χ0) is 66.3. The number of aliphatic hydroxyl groups excluding tert-OH is 1. The maximum Gasteiger partial charge on any atom is 0.472 e. The summed E-state index contributed by atoms with van der Waals surface area (Å²) >= 11 is 0. The van der Waals surface area contributed by atoms with Crippen molar-refractivity contribution in [2.45, 2.75) is 387 Å². The Bertz CT molecular complexity index is 1740. The van der Waals surface area contributed by atoms with E-state index < -0.39 is 97.5 Å². The van der Waals surface area contributed by atoms with Gasteiger partial charge in [-0.2, -0.15) is 0 Å². The first-order valence-corrected chi connectivity index (χ1v) is 40.1. The average Bonchev–Trinajstić information content (AvgIpc) is 2.88. The molecule has 0 aromatic carbocycles. The van der Waals surface area contributed by atoms with Gasteiger partial charge in [0.2, 0.25) is 0 Å². The van der Waals surface area contributed by atoms with Crippen molar-refractivity contribution in [3.63, 3.8) is 0 Å². The van der Waals surface area contributed by atoms with Crippen LogP contribution in [0.4, 0.5) is 0 Å². The van der Waals surface area contributed by atoms with Crippen LogP contribution in [-0.4, -0.2) is 96.7 Å². The molecule has 5 atom stereocenters. The van der Waals surface area contributed by atoms with Gasteiger partial charge in [-0.3, -0.25) is 37.3 Å².